The van der Waals surface area contributed by atoms with Gasteiger partial charge in [0.25, 0.3) is 5.91 Å². The number of nitrogens with two attached hydrogens (primary N) is 1. The monoisotopic (exact) mass is 516 g/mol. The lowest BCUT2D eigenvalue weighted by atomic mass is 9.98. The summed E-state index contributed by atoms with van der Waals surface area (Å²) in [5.74, 6) is 0.354. The Morgan fingerprint density at radius 3 is 2.46 bits per heavy atom. The molecule has 9 nitrogen and oxygen atoms in total. The molecule has 4 N–H and O–H groups in total. The summed E-state index contributed by atoms with van der Waals surface area (Å²) >= 11 is 6.08. The third kappa shape index (κ3) is 5.12. The molecule has 3 heterocycles. The Morgan fingerprint density at radius 2 is 1.78 bits per heavy atom. The number of nitrogens with one attached hydrogen (secondary N) is 2. The first-order chi connectivity index (χ1) is 17.9. The number of carbonyl (C=O) groups is 2. The topological polar surface area (TPSA) is 124 Å². The van der Waals surface area contributed by atoms with Crippen molar-refractivity contribution >= 4 is 40.3 Å². The van der Waals surface area contributed by atoms with Crippen LogP contribution >= 0.6 is 11.6 Å². The number of nitrogens with zero attached hydrogens (tertiary/aromatic N) is 3. The number of fused-ring (bicyclic) bond motifs is 1. The molecule has 5 rings (SSSR count). The van der Waals surface area contributed by atoms with Crippen molar-refractivity contribution in [3.63, 3.8) is 0 Å². The molecule has 1 saturated heterocycles. The first-order valence-electron chi connectivity index (χ1n) is 11.8. The van der Waals surface area contributed by atoms with Gasteiger partial charge in [-0.05, 0) is 35.9 Å². The Kier molecular flexibility index (Phi) is 6.78. The molecule has 0 radical (unpaired) electrons. The number of hydrogen-bond donors (Lipinski definition) is 3. The molecule has 0 spiro atoms. The van der Waals surface area contributed by atoms with Crippen molar-refractivity contribution in [2.75, 3.05) is 31.1 Å². The summed E-state index contributed by atoms with van der Waals surface area (Å²) in [6.07, 6.45) is 3.13. The molecule has 0 saturated carbocycles. The number of pyridine rings is 2. The summed E-state index contributed by atoms with van der Waals surface area (Å²) in [6, 6.07) is 16.7. The Morgan fingerprint density at radius 1 is 1.03 bits per heavy atom. The van der Waals surface area contributed by atoms with Crippen molar-refractivity contribution in [1.29, 1.82) is 0 Å². The fraction of sp³-hybridized carbons (Fsp3) is 0.185. The third-order valence-corrected chi connectivity index (χ3v) is 6.75. The summed E-state index contributed by atoms with van der Waals surface area (Å²) in [5, 5.41) is 4.01. The van der Waals surface area contributed by atoms with E-state index in [0.29, 0.717) is 59.0 Å². The molecule has 4 aromatic rings. The van der Waals surface area contributed by atoms with E-state index in [1.807, 2.05) is 35.2 Å². The number of primary amides is 1. The van der Waals surface area contributed by atoms with Crippen molar-refractivity contribution in [3.8, 4) is 0 Å². The SMILES string of the molecule is NC(=O)N1CCN(c2ccc(C(=O)NC(c3ccccc3)c3c[nH]c4cc(Cl)ccc4c3=O)cn2)CC1. The Hall–Kier alpha value is -4.37. The average Bonchev–Trinajstić information content (AvgIpc) is 2.92. The summed E-state index contributed by atoms with van der Waals surface area (Å²) in [6.45, 7) is 2.25. The molecule has 1 fully saturated rings. The highest BCUT2D eigenvalue weighted by Gasteiger charge is 2.23. The standard InChI is InChI=1S/C27H25ClN6O3/c28-19-7-8-20-22(14-19)30-16-21(25(20)35)24(17-4-2-1-3-5-17)32-26(36)18-6-9-23(31-15-18)33-10-12-34(13-11-33)27(29)37/h1-9,14-16,24H,10-13H2,(H2,29,37)(H,30,35)(H,32,36). The highest BCUT2D eigenvalue weighted by Crippen LogP contribution is 2.23. The van der Waals surface area contributed by atoms with Gasteiger partial charge in [-0.15, -0.1) is 0 Å². The maximum absolute atomic E-state index is 13.4. The van der Waals surface area contributed by atoms with Crippen molar-refractivity contribution < 1.29 is 9.59 Å². The normalized spacial score (nSPS) is 14.4. The fourth-order valence-corrected chi connectivity index (χ4v) is 4.66. The number of H-pyrrole nitrogens is 1. The number of carbonyl (C=O) groups excluding carboxylic acids is 2. The zero-order valence-electron chi connectivity index (χ0n) is 19.9. The summed E-state index contributed by atoms with van der Waals surface area (Å²) in [4.78, 5) is 49.2. The molecule has 10 heteroatoms. The lowest BCUT2D eigenvalue weighted by Crippen LogP contribution is -2.50. The Bertz CT molecular complexity index is 1500. The van der Waals surface area contributed by atoms with Gasteiger partial charge in [-0.2, -0.15) is 0 Å². The highest BCUT2D eigenvalue weighted by atomic mass is 35.5. The number of amides is 3. The van der Waals surface area contributed by atoms with Crippen LogP contribution in [0, 0.1) is 0 Å². The minimum atomic E-state index is -0.681. The molecule has 2 aromatic heterocycles. The van der Waals surface area contributed by atoms with Gasteiger partial charge in [-0.3, -0.25) is 9.59 Å². The second-order valence-electron chi connectivity index (χ2n) is 8.80. The van der Waals surface area contributed by atoms with Gasteiger partial charge in [0.15, 0.2) is 5.43 Å². The van der Waals surface area contributed by atoms with Crippen molar-refractivity contribution in [3.05, 3.63) is 105 Å². The third-order valence-electron chi connectivity index (χ3n) is 6.52. The van der Waals surface area contributed by atoms with E-state index in [2.05, 4.69) is 15.3 Å². The Labute approximate surface area is 217 Å². The number of rotatable bonds is 5. The second kappa shape index (κ2) is 10.3. The van der Waals surface area contributed by atoms with Crippen LogP contribution in [0.15, 0.2) is 77.9 Å². The molecule has 0 bridgehead atoms. The minimum absolute atomic E-state index is 0.192. The minimum Gasteiger partial charge on any atom is -0.361 e. The number of halogens is 1. The van der Waals surface area contributed by atoms with Gasteiger partial charge in [0.1, 0.15) is 5.82 Å². The molecule has 1 atom stereocenters. The number of benzene rings is 2. The smallest absolute Gasteiger partial charge is 0.314 e. The number of aromatic amines is 1. The molecule has 2 aromatic carbocycles. The van der Waals surface area contributed by atoms with Gasteiger partial charge in [0.2, 0.25) is 0 Å². The molecule has 1 aliphatic rings. The van der Waals surface area contributed by atoms with E-state index in [0.717, 1.165) is 5.56 Å². The van der Waals surface area contributed by atoms with Crippen LogP contribution in [-0.2, 0) is 0 Å². The summed E-state index contributed by atoms with van der Waals surface area (Å²) in [7, 11) is 0. The molecule has 1 unspecified atom stereocenters. The van der Waals surface area contributed by atoms with Crippen LogP contribution in [-0.4, -0.2) is 53.0 Å². The van der Waals surface area contributed by atoms with Crippen LogP contribution in [0.2, 0.25) is 5.02 Å². The van der Waals surface area contributed by atoms with Gasteiger partial charge < -0.3 is 25.8 Å². The zero-order chi connectivity index (χ0) is 25.9. The molecule has 37 heavy (non-hydrogen) atoms. The molecule has 1 aliphatic heterocycles. The van der Waals surface area contributed by atoms with Crippen LogP contribution in [0.3, 0.4) is 0 Å². The predicted octanol–water partition coefficient (Wildman–Crippen LogP) is 3.30. The van der Waals surface area contributed by atoms with E-state index in [4.69, 9.17) is 17.3 Å². The summed E-state index contributed by atoms with van der Waals surface area (Å²) < 4.78 is 0. The number of piperazine rings is 1. The van der Waals surface area contributed by atoms with Crippen LogP contribution in [0.5, 0.6) is 0 Å². The fourth-order valence-electron chi connectivity index (χ4n) is 4.49. The maximum Gasteiger partial charge on any atom is 0.314 e. The number of hydrogen-bond acceptors (Lipinski definition) is 5. The van der Waals surface area contributed by atoms with E-state index in [-0.39, 0.29) is 11.3 Å². The van der Waals surface area contributed by atoms with E-state index in [1.54, 1.807) is 41.4 Å². The summed E-state index contributed by atoms with van der Waals surface area (Å²) in [5.41, 5.74) is 7.33. The maximum atomic E-state index is 13.4. The number of aromatic nitrogens is 2. The van der Waals surface area contributed by atoms with E-state index < -0.39 is 12.1 Å². The quantitative estimate of drug-likeness (QED) is 0.375. The molecule has 3 amide bonds. The lowest BCUT2D eigenvalue weighted by Gasteiger charge is -2.34. The van der Waals surface area contributed by atoms with E-state index in [1.165, 1.54) is 6.20 Å². The largest absolute Gasteiger partial charge is 0.361 e. The van der Waals surface area contributed by atoms with Crippen molar-refractivity contribution in [2.24, 2.45) is 5.73 Å². The van der Waals surface area contributed by atoms with Crippen LogP contribution in [0.25, 0.3) is 10.9 Å². The molecule has 188 valence electrons. The zero-order valence-corrected chi connectivity index (χ0v) is 20.6. The van der Waals surface area contributed by atoms with Crippen LogP contribution in [0.1, 0.15) is 27.5 Å². The predicted molar refractivity (Wildman–Crippen MR) is 143 cm³/mol. The van der Waals surface area contributed by atoms with Gasteiger partial charge in [-0.25, -0.2) is 9.78 Å². The van der Waals surface area contributed by atoms with Gasteiger partial charge in [-0.1, -0.05) is 41.9 Å². The van der Waals surface area contributed by atoms with E-state index >= 15 is 0 Å². The first kappa shape index (κ1) is 24.3. The second-order valence-corrected chi connectivity index (χ2v) is 9.23. The van der Waals surface area contributed by atoms with Crippen LogP contribution < -0.4 is 21.4 Å². The molecular weight excluding hydrogens is 492 g/mol. The molecular formula is C27H25ClN6O3. The van der Waals surface area contributed by atoms with Crippen molar-refractivity contribution in [2.45, 2.75) is 6.04 Å². The van der Waals surface area contributed by atoms with Gasteiger partial charge in [0.05, 0.1) is 17.1 Å². The molecule has 0 aliphatic carbocycles. The Balaban J connectivity index is 1.39. The first-order valence-corrected chi connectivity index (χ1v) is 12.2. The average molecular weight is 517 g/mol. The van der Waals surface area contributed by atoms with Gasteiger partial charge in [0, 0.05) is 54.5 Å². The lowest BCUT2D eigenvalue weighted by molar-refractivity contribution is 0.0942. The van der Waals surface area contributed by atoms with Crippen molar-refractivity contribution in [1.82, 2.24) is 20.2 Å². The number of urea groups is 1. The number of anilines is 1. The highest BCUT2D eigenvalue weighted by molar-refractivity contribution is 6.31. The van der Waals surface area contributed by atoms with E-state index in [9.17, 15) is 14.4 Å². The van der Waals surface area contributed by atoms with Crippen LogP contribution in [0.4, 0.5) is 10.6 Å². The van der Waals surface area contributed by atoms with Gasteiger partial charge >= 0.3 is 6.03 Å².